The quantitative estimate of drug-likeness (QED) is 0.728. The molecule has 1 aromatic rings. The predicted molar refractivity (Wildman–Crippen MR) is 74.6 cm³/mol. The minimum Gasteiger partial charge on any atom is -0.383 e. The Morgan fingerprint density at radius 1 is 1.58 bits per heavy atom. The monoisotopic (exact) mass is 266 g/mol. The van der Waals surface area contributed by atoms with E-state index in [2.05, 4.69) is 20.2 Å². The second-order valence-corrected chi connectivity index (χ2v) is 4.78. The zero-order chi connectivity index (χ0) is 13.5. The van der Waals surface area contributed by atoms with Gasteiger partial charge in [-0.1, -0.05) is 0 Å². The van der Waals surface area contributed by atoms with E-state index in [1.54, 1.807) is 19.5 Å². The van der Waals surface area contributed by atoms with Crippen molar-refractivity contribution < 1.29 is 4.74 Å². The molecule has 106 valence electrons. The number of aromatic nitrogens is 2. The van der Waals surface area contributed by atoms with Crippen LogP contribution in [0.15, 0.2) is 17.2 Å². The highest BCUT2D eigenvalue weighted by molar-refractivity contribution is 5.37. The number of nitrogens with zero attached hydrogens (tertiary/aromatic N) is 2. The summed E-state index contributed by atoms with van der Waals surface area (Å²) in [6.07, 6.45) is 6.63. The van der Waals surface area contributed by atoms with Crippen LogP contribution < -0.4 is 15.8 Å². The fourth-order valence-corrected chi connectivity index (χ4v) is 2.48. The molecule has 0 aromatic carbocycles. The predicted octanol–water partition coefficient (Wildman–Crippen LogP) is 0.365. The van der Waals surface area contributed by atoms with Crippen molar-refractivity contribution in [3.63, 3.8) is 0 Å². The molecule has 0 bridgehead atoms. The summed E-state index contributed by atoms with van der Waals surface area (Å²) in [6.45, 7) is 3.30. The van der Waals surface area contributed by atoms with Crippen molar-refractivity contribution in [3.05, 3.63) is 22.7 Å². The van der Waals surface area contributed by atoms with Crippen LogP contribution >= 0.6 is 0 Å². The Morgan fingerprint density at radius 3 is 3.26 bits per heavy atom. The summed E-state index contributed by atoms with van der Waals surface area (Å²) in [5.74, 6) is 0.542. The lowest BCUT2D eigenvalue weighted by Crippen LogP contribution is -2.48. The van der Waals surface area contributed by atoms with Crippen molar-refractivity contribution in [2.75, 3.05) is 38.3 Å². The van der Waals surface area contributed by atoms with Crippen molar-refractivity contribution in [1.82, 2.24) is 15.3 Å². The zero-order valence-corrected chi connectivity index (χ0v) is 11.4. The molecule has 0 radical (unpaired) electrons. The van der Waals surface area contributed by atoms with Crippen LogP contribution in [0.1, 0.15) is 19.3 Å². The first kappa shape index (κ1) is 14.0. The van der Waals surface area contributed by atoms with Gasteiger partial charge in [0.05, 0.1) is 6.61 Å². The molecule has 0 spiro atoms. The van der Waals surface area contributed by atoms with Crippen LogP contribution in [0.2, 0.25) is 0 Å². The number of anilines is 1. The molecule has 0 aliphatic carbocycles. The smallest absolute Gasteiger partial charge is 0.290 e. The molecule has 1 aromatic heterocycles. The van der Waals surface area contributed by atoms with Crippen molar-refractivity contribution in [1.29, 1.82) is 0 Å². The summed E-state index contributed by atoms with van der Waals surface area (Å²) in [4.78, 5) is 20.9. The lowest BCUT2D eigenvalue weighted by atomic mass is 10.0. The molecule has 0 amide bonds. The van der Waals surface area contributed by atoms with Crippen LogP contribution in [0, 0.1) is 0 Å². The van der Waals surface area contributed by atoms with Crippen LogP contribution in [0.4, 0.5) is 5.82 Å². The first-order valence-electron chi connectivity index (χ1n) is 6.83. The Labute approximate surface area is 113 Å². The number of hydrogen-bond acceptors (Lipinski definition) is 5. The zero-order valence-electron chi connectivity index (χ0n) is 11.4. The first-order chi connectivity index (χ1) is 9.33. The SMILES string of the molecule is COCCNCC1CCCCN1c1ncc[nH]c1=O. The highest BCUT2D eigenvalue weighted by Gasteiger charge is 2.24. The third-order valence-corrected chi connectivity index (χ3v) is 3.45. The van der Waals surface area contributed by atoms with Gasteiger partial charge in [0, 0.05) is 45.2 Å². The van der Waals surface area contributed by atoms with Crippen LogP contribution in [-0.4, -0.2) is 49.4 Å². The lowest BCUT2D eigenvalue weighted by Gasteiger charge is -2.36. The van der Waals surface area contributed by atoms with E-state index in [9.17, 15) is 4.79 Å². The van der Waals surface area contributed by atoms with E-state index in [1.165, 1.54) is 6.42 Å². The molecule has 0 saturated carbocycles. The van der Waals surface area contributed by atoms with Gasteiger partial charge < -0.3 is 19.9 Å². The number of ether oxygens (including phenoxy) is 1. The summed E-state index contributed by atoms with van der Waals surface area (Å²) in [5, 5.41) is 3.37. The van der Waals surface area contributed by atoms with Gasteiger partial charge in [-0.25, -0.2) is 4.98 Å². The van der Waals surface area contributed by atoms with Gasteiger partial charge in [-0.15, -0.1) is 0 Å². The second kappa shape index (κ2) is 7.25. The molecule has 1 atom stereocenters. The summed E-state index contributed by atoms with van der Waals surface area (Å²) < 4.78 is 5.02. The lowest BCUT2D eigenvalue weighted by molar-refractivity contribution is 0.198. The highest BCUT2D eigenvalue weighted by Crippen LogP contribution is 2.19. The molecule has 19 heavy (non-hydrogen) atoms. The average molecular weight is 266 g/mol. The number of aromatic amines is 1. The maximum absolute atomic E-state index is 11.8. The van der Waals surface area contributed by atoms with E-state index in [-0.39, 0.29) is 5.56 Å². The summed E-state index contributed by atoms with van der Waals surface area (Å²) in [5.41, 5.74) is -0.105. The van der Waals surface area contributed by atoms with E-state index >= 15 is 0 Å². The number of H-pyrrole nitrogens is 1. The Morgan fingerprint density at radius 2 is 2.47 bits per heavy atom. The average Bonchev–Trinajstić information content (AvgIpc) is 2.45. The number of piperidine rings is 1. The van der Waals surface area contributed by atoms with Gasteiger partial charge in [0.2, 0.25) is 0 Å². The Balaban J connectivity index is 2.00. The van der Waals surface area contributed by atoms with E-state index in [4.69, 9.17) is 4.74 Å². The minimum absolute atomic E-state index is 0.105. The van der Waals surface area contributed by atoms with E-state index in [1.807, 2.05) is 0 Å². The van der Waals surface area contributed by atoms with Crippen LogP contribution in [0.5, 0.6) is 0 Å². The number of methoxy groups -OCH3 is 1. The summed E-state index contributed by atoms with van der Waals surface area (Å²) >= 11 is 0. The van der Waals surface area contributed by atoms with E-state index < -0.39 is 0 Å². The number of rotatable bonds is 6. The Hall–Kier alpha value is -1.40. The maximum Gasteiger partial charge on any atom is 0.290 e. The van der Waals surface area contributed by atoms with Gasteiger partial charge in [0.1, 0.15) is 0 Å². The Bertz CT molecular complexity index is 435. The minimum atomic E-state index is -0.105. The topological polar surface area (TPSA) is 70.2 Å². The van der Waals surface area contributed by atoms with Gasteiger partial charge in [-0.3, -0.25) is 4.79 Å². The van der Waals surface area contributed by atoms with Gasteiger partial charge in [0.15, 0.2) is 5.82 Å². The van der Waals surface area contributed by atoms with Crippen LogP contribution in [0.25, 0.3) is 0 Å². The van der Waals surface area contributed by atoms with E-state index in [0.717, 1.165) is 32.5 Å². The van der Waals surface area contributed by atoms with Crippen molar-refractivity contribution in [2.24, 2.45) is 0 Å². The first-order valence-corrected chi connectivity index (χ1v) is 6.83. The molecule has 1 fully saturated rings. The summed E-state index contributed by atoms with van der Waals surface area (Å²) in [6, 6.07) is 0.335. The molecule has 6 heteroatoms. The number of hydrogen-bond donors (Lipinski definition) is 2. The van der Waals surface area contributed by atoms with Gasteiger partial charge >= 0.3 is 0 Å². The molecular weight excluding hydrogens is 244 g/mol. The fourth-order valence-electron chi connectivity index (χ4n) is 2.48. The standard InChI is InChI=1S/C13H22N4O2/c1-19-9-7-14-10-11-4-2-3-8-17(11)12-13(18)16-6-5-15-12/h5-6,11,14H,2-4,7-10H2,1H3,(H,16,18). The molecule has 1 aliphatic heterocycles. The fraction of sp³-hybridized carbons (Fsp3) is 0.692. The summed E-state index contributed by atoms with van der Waals surface area (Å²) in [7, 11) is 1.70. The van der Waals surface area contributed by atoms with Gasteiger partial charge in [-0.2, -0.15) is 0 Å². The third-order valence-electron chi connectivity index (χ3n) is 3.45. The highest BCUT2D eigenvalue weighted by atomic mass is 16.5. The molecule has 6 nitrogen and oxygen atoms in total. The molecule has 1 unspecified atom stereocenters. The van der Waals surface area contributed by atoms with E-state index in [0.29, 0.717) is 18.5 Å². The largest absolute Gasteiger partial charge is 0.383 e. The Kier molecular flexibility index (Phi) is 5.35. The normalized spacial score (nSPS) is 19.6. The molecule has 2 N–H and O–H groups in total. The third kappa shape index (κ3) is 3.78. The second-order valence-electron chi connectivity index (χ2n) is 4.78. The maximum atomic E-state index is 11.8. The molecule has 1 aliphatic rings. The van der Waals surface area contributed by atoms with Crippen LogP contribution in [-0.2, 0) is 4.74 Å². The molecular formula is C13H22N4O2. The number of nitrogens with one attached hydrogen (secondary N) is 2. The van der Waals surface area contributed by atoms with Crippen molar-refractivity contribution in [2.45, 2.75) is 25.3 Å². The molecule has 1 saturated heterocycles. The van der Waals surface area contributed by atoms with Crippen molar-refractivity contribution >= 4 is 5.82 Å². The molecule has 2 rings (SSSR count). The molecule has 2 heterocycles. The van der Waals surface area contributed by atoms with Crippen molar-refractivity contribution in [3.8, 4) is 0 Å². The van der Waals surface area contributed by atoms with Gasteiger partial charge in [-0.05, 0) is 19.3 Å². The van der Waals surface area contributed by atoms with Crippen LogP contribution in [0.3, 0.4) is 0 Å². The van der Waals surface area contributed by atoms with Gasteiger partial charge in [0.25, 0.3) is 5.56 Å².